The Bertz CT molecular complexity index is 469. The topological polar surface area (TPSA) is 71.7 Å². The van der Waals surface area contributed by atoms with Gasteiger partial charge >= 0.3 is 0 Å². The lowest BCUT2D eigenvalue weighted by molar-refractivity contribution is -0.157. The smallest absolute Gasteiger partial charge is 0.176 e. The van der Waals surface area contributed by atoms with Gasteiger partial charge in [-0.2, -0.15) is 5.26 Å². The molecule has 1 aliphatic rings. The van der Waals surface area contributed by atoms with E-state index in [1.54, 1.807) is 13.8 Å². The third-order valence-corrected chi connectivity index (χ3v) is 3.04. The van der Waals surface area contributed by atoms with Crippen molar-refractivity contribution in [3.8, 4) is 6.07 Å². The number of rotatable bonds is 5. The molecule has 1 fully saturated rings. The van der Waals surface area contributed by atoms with Crippen molar-refractivity contribution < 1.29 is 19.3 Å². The number of hydrogen-bond acceptors (Lipinski definition) is 5. The van der Waals surface area contributed by atoms with Crippen LogP contribution in [0.5, 0.6) is 0 Å². The van der Waals surface area contributed by atoms with Gasteiger partial charge in [-0.25, -0.2) is 0 Å². The van der Waals surface area contributed by atoms with Gasteiger partial charge in [-0.3, -0.25) is 0 Å². The van der Waals surface area contributed by atoms with Gasteiger partial charge in [0, 0.05) is 0 Å². The maximum Gasteiger partial charge on any atom is 0.176 e. The molecule has 0 unspecified atom stereocenters. The molecule has 1 aliphatic heterocycles. The lowest BCUT2D eigenvalue weighted by Gasteiger charge is -2.20. The molecule has 0 bridgehead atoms. The van der Waals surface area contributed by atoms with E-state index in [2.05, 4.69) is 0 Å². The van der Waals surface area contributed by atoms with Crippen LogP contribution in [0.2, 0.25) is 0 Å². The number of ether oxygens (including phenoxy) is 3. The molecule has 1 heterocycles. The van der Waals surface area contributed by atoms with Crippen LogP contribution in [0.4, 0.5) is 0 Å². The summed E-state index contributed by atoms with van der Waals surface area (Å²) in [6.07, 6.45) is -2.36. The van der Waals surface area contributed by atoms with Crippen LogP contribution in [-0.2, 0) is 20.8 Å². The van der Waals surface area contributed by atoms with Crippen molar-refractivity contribution >= 4 is 0 Å². The van der Waals surface area contributed by atoms with Crippen LogP contribution in [0.25, 0.3) is 0 Å². The predicted molar refractivity (Wildman–Crippen MR) is 71.5 cm³/mol. The highest BCUT2D eigenvalue weighted by Crippen LogP contribution is 2.29. The van der Waals surface area contributed by atoms with E-state index >= 15 is 0 Å². The highest BCUT2D eigenvalue weighted by molar-refractivity contribution is 5.13. The molecule has 0 amide bonds. The fraction of sp³-hybridized carbons (Fsp3) is 0.533. The fourth-order valence-corrected chi connectivity index (χ4v) is 2.14. The first-order valence-electron chi connectivity index (χ1n) is 6.57. The minimum atomic E-state index is -0.898. The number of aliphatic hydroxyl groups excluding tert-OH is 1. The first-order valence-corrected chi connectivity index (χ1v) is 6.57. The molecule has 1 aromatic rings. The van der Waals surface area contributed by atoms with Gasteiger partial charge in [0.1, 0.15) is 12.2 Å². The van der Waals surface area contributed by atoms with E-state index in [9.17, 15) is 5.11 Å². The standard InChI is InChI=1S/C15H19NO4/c1-15(2)19-13(8-16)14(20-15)12(17)10-18-9-11-6-4-3-5-7-11/h3-7,12-14,17H,9-10H2,1-2H3/t12-,13-,14+/m1/s1. The molecule has 3 atom stereocenters. The van der Waals surface area contributed by atoms with Gasteiger partial charge in [-0.1, -0.05) is 30.3 Å². The van der Waals surface area contributed by atoms with E-state index in [0.717, 1.165) is 5.56 Å². The van der Waals surface area contributed by atoms with Gasteiger partial charge < -0.3 is 19.3 Å². The number of benzene rings is 1. The van der Waals surface area contributed by atoms with Crippen LogP contribution in [0, 0.1) is 11.3 Å². The maximum absolute atomic E-state index is 10.1. The number of nitriles is 1. The zero-order valence-electron chi connectivity index (χ0n) is 11.7. The molecule has 20 heavy (non-hydrogen) atoms. The van der Waals surface area contributed by atoms with E-state index in [1.165, 1.54) is 0 Å². The average Bonchev–Trinajstić information content (AvgIpc) is 2.75. The minimum absolute atomic E-state index is 0.0944. The van der Waals surface area contributed by atoms with Crippen LogP contribution >= 0.6 is 0 Å². The van der Waals surface area contributed by atoms with Crippen LogP contribution in [0.1, 0.15) is 19.4 Å². The summed E-state index contributed by atoms with van der Waals surface area (Å²) in [5.41, 5.74) is 1.03. The van der Waals surface area contributed by atoms with Crippen molar-refractivity contribution in [2.24, 2.45) is 0 Å². The van der Waals surface area contributed by atoms with Crippen LogP contribution in [0.3, 0.4) is 0 Å². The lowest BCUT2D eigenvalue weighted by Crippen LogP contribution is -2.37. The Morgan fingerprint density at radius 2 is 2.05 bits per heavy atom. The van der Waals surface area contributed by atoms with Gasteiger partial charge in [0.2, 0.25) is 0 Å². The molecule has 0 radical (unpaired) electrons. The predicted octanol–water partition coefficient (Wildman–Crippen LogP) is 1.61. The van der Waals surface area contributed by atoms with Crippen molar-refractivity contribution in [2.45, 2.75) is 44.6 Å². The molecule has 0 saturated carbocycles. The van der Waals surface area contributed by atoms with E-state index < -0.39 is 24.1 Å². The lowest BCUT2D eigenvalue weighted by atomic mass is 10.1. The number of hydrogen-bond donors (Lipinski definition) is 1. The normalized spacial score (nSPS) is 26.1. The van der Waals surface area contributed by atoms with Gasteiger partial charge in [0.15, 0.2) is 11.9 Å². The van der Waals surface area contributed by atoms with Crippen molar-refractivity contribution in [3.05, 3.63) is 35.9 Å². The molecule has 5 nitrogen and oxygen atoms in total. The summed E-state index contributed by atoms with van der Waals surface area (Å²) < 4.78 is 16.4. The maximum atomic E-state index is 10.1. The molecule has 1 saturated heterocycles. The van der Waals surface area contributed by atoms with Crippen molar-refractivity contribution in [1.29, 1.82) is 5.26 Å². The summed E-state index contributed by atoms with van der Waals surface area (Å²) in [6.45, 7) is 3.94. The summed E-state index contributed by atoms with van der Waals surface area (Å²) in [4.78, 5) is 0. The van der Waals surface area contributed by atoms with Crippen LogP contribution in [0.15, 0.2) is 30.3 Å². The summed E-state index contributed by atoms with van der Waals surface area (Å²) in [5.74, 6) is -0.856. The quantitative estimate of drug-likeness (QED) is 0.885. The highest BCUT2D eigenvalue weighted by atomic mass is 16.8. The largest absolute Gasteiger partial charge is 0.388 e. The SMILES string of the molecule is CC1(C)O[C@@H]([C@H](O)COCc2ccccc2)[C@@H](C#N)O1. The van der Waals surface area contributed by atoms with Gasteiger partial charge in [0.05, 0.1) is 19.3 Å². The zero-order valence-corrected chi connectivity index (χ0v) is 11.7. The minimum Gasteiger partial charge on any atom is -0.388 e. The Morgan fingerprint density at radius 3 is 2.70 bits per heavy atom. The third kappa shape index (κ3) is 3.78. The molecule has 1 N–H and O–H groups in total. The molecule has 5 heteroatoms. The van der Waals surface area contributed by atoms with Crippen LogP contribution < -0.4 is 0 Å². The molecular weight excluding hydrogens is 258 g/mol. The third-order valence-electron chi connectivity index (χ3n) is 3.04. The van der Waals surface area contributed by atoms with Gasteiger partial charge in [-0.05, 0) is 19.4 Å². The summed E-state index contributed by atoms with van der Waals surface area (Å²) in [7, 11) is 0. The second-order valence-electron chi connectivity index (χ2n) is 5.22. The van der Waals surface area contributed by atoms with E-state index in [4.69, 9.17) is 19.5 Å². The first kappa shape index (κ1) is 14.9. The Kier molecular flexibility index (Phi) is 4.73. The Morgan fingerprint density at radius 1 is 1.35 bits per heavy atom. The summed E-state index contributed by atoms with van der Waals surface area (Å²) in [6, 6.07) is 11.7. The fourth-order valence-electron chi connectivity index (χ4n) is 2.14. The second-order valence-corrected chi connectivity index (χ2v) is 5.22. The number of nitrogens with zero attached hydrogens (tertiary/aromatic N) is 1. The van der Waals surface area contributed by atoms with E-state index in [-0.39, 0.29) is 6.61 Å². The van der Waals surface area contributed by atoms with Crippen molar-refractivity contribution in [1.82, 2.24) is 0 Å². The monoisotopic (exact) mass is 277 g/mol. The number of aliphatic hydroxyl groups is 1. The molecule has 2 rings (SSSR count). The van der Waals surface area contributed by atoms with Crippen LogP contribution in [-0.4, -0.2) is 35.8 Å². The van der Waals surface area contributed by atoms with E-state index in [1.807, 2.05) is 36.4 Å². The molecule has 0 aliphatic carbocycles. The van der Waals surface area contributed by atoms with Crippen molar-refractivity contribution in [2.75, 3.05) is 6.61 Å². The summed E-state index contributed by atoms with van der Waals surface area (Å²) in [5, 5.41) is 19.1. The molecular formula is C15H19NO4. The Labute approximate surface area is 118 Å². The van der Waals surface area contributed by atoms with Gasteiger partial charge in [-0.15, -0.1) is 0 Å². The first-order chi connectivity index (χ1) is 9.52. The Balaban J connectivity index is 1.83. The molecule has 1 aromatic carbocycles. The average molecular weight is 277 g/mol. The van der Waals surface area contributed by atoms with E-state index in [0.29, 0.717) is 6.61 Å². The second kappa shape index (κ2) is 6.33. The van der Waals surface area contributed by atoms with Gasteiger partial charge in [0.25, 0.3) is 0 Å². The molecule has 0 aromatic heterocycles. The Hall–Kier alpha value is -1.45. The zero-order chi connectivity index (χ0) is 14.6. The molecule has 108 valence electrons. The van der Waals surface area contributed by atoms with Crippen molar-refractivity contribution in [3.63, 3.8) is 0 Å². The molecule has 0 spiro atoms. The summed E-state index contributed by atoms with van der Waals surface area (Å²) >= 11 is 0. The highest BCUT2D eigenvalue weighted by Gasteiger charge is 2.45.